The highest BCUT2D eigenvalue weighted by molar-refractivity contribution is 7.80. The van der Waals surface area contributed by atoms with Crippen molar-refractivity contribution >= 4 is 24.5 Å². The van der Waals surface area contributed by atoms with Crippen molar-refractivity contribution in [2.75, 3.05) is 5.75 Å². The summed E-state index contributed by atoms with van der Waals surface area (Å²) in [6, 6.07) is 8.70. The first-order valence-corrected chi connectivity index (χ1v) is 6.31. The van der Waals surface area contributed by atoms with Crippen LogP contribution >= 0.6 is 12.6 Å². The predicted molar refractivity (Wildman–Crippen MR) is 72.4 cm³/mol. The van der Waals surface area contributed by atoms with E-state index in [1.165, 1.54) is 6.92 Å². The standard InChI is InChI=1S/C13H17NO3S/c1-9(11-6-4-3-5-7-11)17-13(16)12(8-18)14-10(2)15/h3-7,9,12,18H,8H2,1-2H3,(H,14,15). The summed E-state index contributed by atoms with van der Waals surface area (Å²) in [5.74, 6) is -0.546. The Morgan fingerprint density at radius 3 is 2.44 bits per heavy atom. The Morgan fingerprint density at radius 1 is 1.33 bits per heavy atom. The fourth-order valence-corrected chi connectivity index (χ4v) is 1.71. The van der Waals surface area contributed by atoms with Crippen molar-refractivity contribution < 1.29 is 14.3 Å². The number of carbonyl (C=O) groups excluding carboxylic acids is 2. The van der Waals surface area contributed by atoms with Crippen LogP contribution in [0.15, 0.2) is 30.3 Å². The van der Waals surface area contributed by atoms with E-state index < -0.39 is 12.0 Å². The summed E-state index contributed by atoms with van der Waals surface area (Å²) in [5, 5.41) is 2.50. The molecule has 98 valence electrons. The highest BCUT2D eigenvalue weighted by Gasteiger charge is 2.21. The number of nitrogens with one attached hydrogen (secondary N) is 1. The van der Waals surface area contributed by atoms with Crippen LogP contribution in [0.3, 0.4) is 0 Å². The molecule has 0 aliphatic carbocycles. The summed E-state index contributed by atoms with van der Waals surface area (Å²) < 4.78 is 5.29. The number of benzene rings is 1. The number of rotatable bonds is 5. The maximum atomic E-state index is 11.8. The second-order valence-electron chi connectivity index (χ2n) is 3.93. The molecule has 2 atom stereocenters. The third-order valence-electron chi connectivity index (χ3n) is 2.41. The van der Waals surface area contributed by atoms with E-state index in [1.54, 1.807) is 6.92 Å². The Morgan fingerprint density at radius 2 is 1.94 bits per heavy atom. The summed E-state index contributed by atoms with van der Waals surface area (Å²) in [4.78, 5) is 22.7. The monoisotopic (exact) mass is 267 g/mol. The van der Waals surface area contributed by atoms with Crippen LogP contribution < -0.4 is 5.32 Å². The normalized spacial score (nSPS) is 13.5. The number of hydrogen-bond donors (Lipinski definition) is 2. The number of ether oxygens (including phenoxy) is 1. The molecule has 0 aliphatic rings. The molecule has 1 aromatic carbocycles. The molecule has 1 amide bonds. The van der Waals surface area contributed by atoms with Crippen LogP contribution in [0.4, 0.5) is 0 Å². The number of thiol groups is 1. The van der Waals surface area contributed by atoms with E-state index in [0.29, 0.717) is 0 Å². The van der Waals surface area contributed by atoms with Crippen molar-refractivity contribution in [1.82, 2.24) is 5.32 Å². The van der Waals surface area contributed by atoms with Crippen molar-refractivity contribution in [2.45, 2.75) is 26.0 Å². The molecule has 0 spiro atoms. The zero-order chi connectivity index (χ0) is 13.5. The number of hydrogen-bond acceptors (Lipinski definition) is 4. The van der Waals surface area contributed by atoms with Crippen LogP contribution in [0.25, 0.3) is 0 Å². The fraction of sp³-hybridized carbons (Fsp3) is 0.385. The molecule has 0 saturated heterocycles. The third kappa shape index (κ3) is 4.41. The second-order valence-corrected chi connectivity index (χ2v) is 4.29. The molecule has 0 aromatic heterocycles. The van der Waals surface area contributed by atoms with E-state index in [4.69, 9.17) is 4.74 Å². The number of carbonyl (C=O) groups is 2. The van der Waals surface area contributed by atoms with Crippen LogP contribution in [0.5, 0.6) is 0 Å². The van der Waals surface area contributed by atoms with Crippen molar-refractivity contribution in [3.63, 3.8) is 0 Å². The summed E-state index contributed by atoms with van der Waals surface area (Å²) in [6.45, 7) is 3.14. The summed E-state index contributed by atoms with van der Waals surface area (Å²) in [7, 11) is 0. The molecular weight excluding hydrogens is 250 g/mol. The van der Waals surface area contributed by atoms with Crippen LogP contribution in [0, 0.1) is 0 Å². The van der Waals surface area contributed by atoms with Gasteiger partial charge in [-0.2, -0.15) is 12.6 Å². The van der Waals surface area contributed by atoms with E-state index in [1.807, 2.05) is 30.3 Å². The molecule has 0 saturated carbocycles. The van der Waals surface area contributed by atoms with Crippen molar-refractivity contribution in [3.05, 3.63) is 35.9 Å². The van der Waals surface area contributed by atoms with Gasteiger partial charge in [-0.3, -0.25) is 4.79 Å². The lowest BCUT2D eigenvalue weighted by Gasteiger charge is -2.18. The molecule has 1 N–H and O–H groups in total. The molecule has 1 rings (SSSR count). The molecular formula is C13H17NO3S. The number of amides is 1. The molecule has 2 unspecified atom stereocenters. The quantitative estimate of drug-likeness (QED) is 0.631. The molecule has 0 bridgehead atoms. The Labute approximate surface area is 112 Å². The lowest BCUT2D eigenvalue weighted by molar-refractivity contribution is -0.151. The Hall–Kier alpha value is -1.49. The Balaban J connectivity index is 2.60. The van der Waals surface area contributed by atoms with Gasteiger partial charge >= 0.3 is 5.97 Å². The van der Waals surface area contributed by atoms with Gasteiger partial charge in [0, 0.05) is 12.7 Å². The second kappa shape index (κ2) is 7.06. The van der Waals surface area contributed by atoms with Crippen LogP contribution in [-0.4, -0.2) is 23.7 Å². The van der Waals surface area contributed by atoms with Crippen LogP contribution in [0.1, 0.15) is 25.5 Å². The molecule has 4 nitrogen and oxygen atoms in total. The molecule has 0 fully saturated rings. The highest BCUT2D eigenvalue weighted by atomic mass is 32.1. The van der Waals surface area contributed by atoms with Gasteiger partial charge in [0.1, 0.15) is 12.1 Å². The molecule has 18 heavy (non-hydrogen) atoms. The maximum Gasteiger partial charge on any atom is 0.330 e. The van der Waals surface area contributed by atoms with E-state index in [9.17, 15) is 9.59 Å². The van der Waals surface area contributed by atoms with Gasteiger partial charge in [-0.25, -0.2) is 4.79 Å². The van der Waals surface area contributed by atoms with Gasteiger partial charge in [-0.05, 0) is 12.5 Å². The summed E-state index contributed by atoms with van der Waals surface area (Å²) >= 11 is 4.02. The van der Waals surface area contributed by atoms with Crippen molar-refractivity contribution in [2.24, 2.45) is 0 Å². The van der Waals surface area contributed by atoms with Gasteiger partial charge in [0.15, 0.2) is 0 Å². The minimum atomic E-state index is -0.711. The Kier molecular flexibility index (Phi) is 5.71. The maximum absolute atomic E-state index is 11.8. The number of esters is 1. The first-order chi connectivity index (χ1) is 8.54. The van der Waals surface area contributed by atoms with Crippen LogP contribution in [0.2, 0.25) is 0 Å². The molecule has 0 aliphatic heterocycles. The topological polar surface area (TPSA) is 55.4 Å². The SMILES string of the molecule is CC(=O)NC(CS)C(=O)OC(C)c1ccccc1. The van der Waals surface area contributed by atoms with E-state index in [0.717, 1.165) is 5.56 Å². The van der Waals surface area contributed by atoms with Gasteiger partial charge in [-0.1, -0.05) is 30.3 Å². The van der Waals surface area contributed by atoms with E-state index >= 15 is 0 Å². The molecule has 5 heteroatoms. The molecule has 0 radical (unpaired) electrons. The minimum absolute atomic E-state index is 0.208. The first-order valence-electron chi connectivity index (χ1n) is 5.68. The molecule has 0 heterocycles. The van der Waals surface area contributed by atoms with E-state index in [-0.39, 0.29) is 17.8 Å². The van der Waals surface area contributed by atoms with Gasteiger partial charge in [0.05, 0.1) is 0 Å². The zero-order valence-electron chi connectivity index (χ0n) is 10.4. The van der Waals surface area contributed by atoms with Gasteiger partial charge in [0.2, 0.25) is 5.91 Å². The highest BCUT2D eigenvalue weighted by Crippen LogP contribution is 2.16. The Bertz CT molecular complexity index is 408. The summed E-state index contributed by atoms with van der Waals surface area (Å²) in [5.41, 5.74) is 0.909. The average molecular weight is 267 g/mol. The first kappa shape index (κ1) is 14.6. The summed E-state index contributed by atoms with van der Waals surface area (Å²) in [6.07, 6.45) is -0.352. The average Bonchev–Trinajstić information content (AvgIpc) is 2.36. The third-order valence-corrected chi connectivity index (χ3v) is 2.77. The zero-order valence-corrected chi connectivity index (χ0v) is 11.3. The van der Waals surface area contributed by atoms with E-state index in [2.05, 4.69) is 17.9 Å². The van der Waals surface area contributed by atoms with Crippen LogP contribution in [-0.2, 0) is 14.3 Å². The lowest BCUT2D eigenvalue weighted by atomic mass is 10.1. The van der Waals surface area contributed by atoms with Gasteiger partial charge in [-0.15, -0.1) is 0 Å². The lowest BCUT2D eigenvalue weighted by Crippen LogP contribution is -2.42. The largest absolute Gasteiger partial charge is 0.456 e. The van der Waals surface area contributed by atoms with Crippen molar-refractivity contribution in [1.29, 1.82) is 0 Å². The van der Waals surface area contributed by atoms with Gasteiger partial charge < -0.3 is 10.1 Å². The van der Waals surface area contributed by atoms with Crippen molar-refractivity contribution in [3.8, 4) is 0 Å². The minimum Gasteiger partial charge on any atom is -0.456 e. The fourth-order valence-electron chi connectivity index (χ4n) is 1.47. The van der Waals surface area contributed by atoms with Gasteiger partial charge in [0.25, 0.3) is 0 Å². The molecule has 1 aromatic rings. The predicted octanol–water partition coefficient (Wildman–Crippen LogP) is 1.73. The smallest absolute Gasteiger partial charge is 0.330 e.